The molecule has 0 fully saturated rings. The Balaban J connectivity index is 2.90. The van der Waals surface area contributed by atoms with Crippen LogP contribution >= 0.6 is 11.5 Å². The summed E-state index contributed by atoms with van der Waals surface area (Å²) >= 11 is 1.11. The highest BCUT2D eigenvalue weighted by atomic mass is 32.1. The summed E-state index contributed by atoms with van der Waals surface area (Å²) in [6, 6.07) is 0. The molecule has 0 radical (unpaired) electrons. The van der Waals surface area contributed by atoms with Gasteiger partial charge < -0.3 is 5.11 Å². The van der Waals surface area contributed by atoms with E-state index in [-0.39, 0.29) is 0 Å². The Labute approximate surface area is 56.7 Å². The lowest BCUT2D eigenvalue weighted by molar-refractivity contribution is 0.0775. The molecular formula is C4H7N3OS. The minimum atomic E-state index is -0.895. The molecule has 1 aromatic rings. The molecule has 4 nitrogen and oxygen atoms in total. The van der Waals surface area contributed by atoms with Gasteiger partial charge in [0.1, 0.15) is 5.60 Å². The molecule has 0 aromatic carbocycles. The maximum atomic E-state index is 9.25. The van der Waals surface area contributed by atoms with E-state index < -0.39 is 5.60 Å². The molecule has 0 aliphatic rings. The molecule has 0 atom stereocenters. The van der Waals surface area contributed by atoms with Crippen LogP contribution in [-0.2, 0) is 5.60 Å². The van der Waals surface area contributed by atoms with Crippen molar-refractivity contribution < 1.29 is 5.11 Å². The minimum absolute atomic E-state index is 0.544. The Kier molecular flexibility index (Phi) is 1.46. The fraction of sp³-hybridized carbons (Fsp3) is 0.750. The van der Waals surface area contributed by atoms with Gasteiger partial charge in [-0.3, -0.25) is 0 Å². The molecule has 0 aliphatic heterocycles. The van der Waals surface area contributed by atoms with E-state index in [0.29, 0.717) is 5.01 Å². The van der Waals surface area contributed by atoms with Crippen molar-refractivity contribution in [2.45, 2.75) is 19.4 Å². The Bertz CT molecular complexity index is 178. The summed E-state index contributed by atoms with van der Waals surface area (Å²) in [5.74, 6) is 0. The molecule has 0 unspecified atom stereocenters. The molecule has 0 bridgehead atoms. The van der Waals surface area contributed by atoms with Crippen LogP contribution < -0.4 is 0 Å². The van der Waals surface area contributed by atoms with Crippen molar-refractivity contribution in [3.63, 3.8) is 0 Å². The van der Waals surface area contributed by atoms with Crippen molar-refractivity contribution in [1.29, 1.82) is 0 Å². The zero-order valence-corrected chi connectivity index (χ0v) is 6.01. The van der Waals surface area contributed by atoms with Crippen LogP contribution in [0.4, 0.5) is 0 Å². The largest absolute Gasteiger partial charge is 0.383 e. The maximum absolute atomic E-state index is 9.25. The van der Waals surface area contributed by atoms with Crippen molar-refractivity contribution in [1.82, 2.24) is 14.8 Å². The second kappa shape index (κ2) is 2.00. The van der Waals surface area contributed by atoms with Crippen LogP contribution in [0.1, 0.15) is 18.9 Å². The summed E-state index contributed by atoms with van der Waals surface area (Å²) in [5, 5.41) is 16.7. The Hall–Kier alpha value is -0.550. The molecule has 9 heavy (non-hydrogen) atoms. The van der Waals surface area contributed by atoms with Gasteiger partial charge in [-0.15, -0.1) is 5.10 Å². The minimum Gasteiger partial charge on any atom is -0.383 e. The molecule has 0 aliphatic carbocycles. The molecule has 1 aromatic heterocycles. The van der Waals surface area contributed by atoms with Gasteiger partial charge in [-0.25, -0.2) is 0 Å². The first-order valence-electron chi connectivity index (χ1n) is 2.48. The Morgan fingerprint density at radius 2 is 2.22 bits per heavy atom. The van der Waals surface area contributed by atoms with Gasteiger partial charge in [-0.05, 0) is 19.1 Å². The third kappa shape index (κ3) is 1.43. The number of hydrogen-bond donors (Lipinski definition) is 1. The van der Waals surface area contributed by atoms with E-state index in [1.165, 1.54) is 0 Å². The van der Waals surface area contributed by atoms with Crippen molar-refractivity contribution in [3.05, 3.63) is 5.01 Å². The standard InChI is InChI=1S/C4H7N3OS/c1-4(2,8)3-5-6-7-9-3/h8H,1-2H3. The zero-order chi connectivity index (χ0) is 6.91. The van der Waals surface area contributed by atoms with Crippen molar-refractivity contribution in [2.75, 3.05) is 0 Å². The molecule has 1 N–H and O–H groups in total. The third-order valence-corrected chi connectivity index (χ3v) is 1.73. The first-order valence-corrected chi connectivity index (χ1v) is 3.26. The fourth-order valence-electron chi connectivity index (χ4n) is 0.368. The Morgan fingerprint density at radius 3 is 2.44 bits per heavy atom. The highest BCUT2D eigenvalue weighted by Crippen LogP contribution is 2.17. The van der Waals surface area contributed by atoms with Gasteiger partial charge >= 0.3 is 0 Å². The van der Waals surface area contributed by atoms with Crippen LogP contribution in [0.5, 0.6) is 0 Å². The van der Waals surface area contributed by atoms with Gasteiger partial charge in [-0.1, -0.05) is 4.49 Å². The summed E-state index contributed by atoms with van der Waals surface area (Å²) in [7, 11) is 0. The first kappa shape index (κ1) is 6.57. The second-order valence-electron chi connectivity index (χ2n) is 2.23. The van der Waals surface area contributed by atoms with E-state index in [4.69, 9.17) is 0 Å². The predicted molar refractivity (Wildman–Crippen MR) is 32.9 cm³/mol. The van der Waals surface area contributed by atoms with Gasteiger partial charge in [-0.2, -0.15) is 0 Å². The molecule has 1 heterocycles. The quantitative estimate of drug-likeness (QED) is 0.611. The number of aliphatic hydroxyl groups is 1. The average molecular weight is 145 g/mol. The molecule has 0 saturated carbocycles. The summed E-state index contributed by atoms with van der Waals surface area (Å²) < 4.78 is 3.51. The van der Waals surface area contributed by atoms with Gasteiger partial charge in [0.25, 0.3) is 0 Å². The van der Waals surface area contributed by atoms with Gasteiger partial charge in [0.15, 0.2) is 5.01 Å². The SMILES string of the molecule is CC(C)(O)c1nnns1. The summed E-state index contributed by atoms with van der Waals surface area (Å²) in [6.45, 7) is 3.30. The molecule has 0 amide bonds. The van der Waals surface area contributed by atoms with E-state index in [0.717, 1.165) is 11.5 Å². The van der Waals surface area contributed by atoms with Crippen molar-refractivity contribution >= 4 is 11.5 Å². The normalized spacial score (nSPS) is 11.9. The van der Waals surface area contributed by atoms with E-state index in [2.05, 4.69) is 14.8 Å². The highest BCUT2D eigenvalue weighted by Gasteiger charge is 2.19. The smallest absolute Gasteiger partial charge is 0.168 e. The molecule has 50 valence electrons. The van der Waals surface area contributed by atoms with Crippen LogP contribution in [0, 0.1) is 0 Å². The first-order chi connectivity index (χ1) is 4.11. The van der Waals surface area contributed by atoms with Gasteiger partial charge in [0.05, 0.1) is 0 Å². The van der Waals surface area contributed by atoms with Crippen LogP contribution in [-0.4, -0.2) is 19.9 Å². The Morgan fingerprint density at radius 1 is 1.56 bits per heavy atom. The van der Waals surface area contributed by atoms with Crippen LogP contribution in [0.2, 0.25) is 0 Å². The van der Waals surface area contributed by atoms with Crippen LogP contribution in [0.25, 0.3) is 0 Å². The molecule has 1 rings (SSSR count). The van der Waals surface area contributed by atoms with Crippen molar-refractivity contribution in [3.8, 4) is 0 Å². The van der Waals surface area contributed by atoms with E-state index >= 15 is 0 Å². The highest BCUT2D eigenvalue weighted by molar-refractivity contribution is 7.05. The van der Waals surface area contributed by atoms with Crippen molar-refractivity contribution in [2.24, 2.45) is 0 Å². The lowest BCUT2D eigenvalue weighted by Gasteiger charge is -2.09. The lowest BCUT2D eigenvalue weighted by Crippen LogP contribution is -2.14. The van der Waals surface area contributed by atoms with Crippen LogP contribution in [0.15, 0.2) is 0 Å². The van der Waals surface area contributed by atoms with Gasteiger partial charge in [0.2, 0.25) is 0 Å². The second-order valence-corrected chi connectivity index (χ2v) is 2.96. The summed E-state index contributed by atoms with van der Waals surface area (Å²) in [6.07, 6.45) is 0. The summed E-state index contributed by atoms with van der Waals surface area (Å²) in [5.41, 5.74) is -0.895. The molecule has 0 spiro atoms. The maximum Gasteiger partial charge on any atom is 0.168 e. The van der Waals surface area contributed by atoms with E-state index in [9.17, 15) is 5.11 Å². The number of aromatic nitrogens is 3. The number of hydrogen-bond acceptors (Lipinski definition) is 5. The average Bonchev–Trinajstić information content (AvgIpc) is 2.08. The van der Waals surface area contributed by atoms with E-state index in [1.54, 1.807) is 13.8 Å². The van der Waals surface area contributed by atoms with Gasteiger partial charge in [0, 0.05) is 11.5 Å². The molecular weight excluding hydrogens is 138 g/mol. The lowest BCUT2D eigenvalue weighted by atomic mass is 10.2. The summed E-state index contributed by atoms with van der Waals surface area (Å²) in [4.78, 5) is 0. The predicted octanol–water partition coefficient (Wildman–Crippen LogP) is 0.161. The number of rotatable bonds is 1. The van der Waals surface area contributed by atoms with Crippen LogP contribution in [0.3, 0.4) is 0 Å². The van der Waals surface area contributed by atoms with E-state index in [1.807, 2.05) is 0 Å². The zero-order valence-electron chi connectivity index (χ0n) is 5.20. The molecule has 5 heteroatoms. The third-order valence-electron chi connectivity index (χ3n) is 0.823. The molecule has 0 saturated heterocycles. The number of nitrogens with zero attached hydrogens (tertiary/aromatic N) is 3. The fourth-order valence-corrected chi connectivity index (χ4v) is 0.815. The monoisotopic (exact) mass is 145 g/mol. The topological polar surface area (TPSA) is 58.9 Å².